The highest BCUT2D eigenvalue weighted by Gasteiger charge is 2.45. The third kappa shape index (κ3) is 3.57. The van der Waals surface area contributed by atoms with Gasteiger partial charge in [0.1, 0.15) is 11.4 Å². The molecule has 2 aliphatic heterocycles. The van der Waals surface area contributed by atoms with Crippen molar-refractivity contribution in [1.82, 2.24) is 20.1 Å². The van der Waals surface area contributed by atoms with Crippen molar-refractivity contribution in [3.05, 3.63) is 47.3 Å². The summed E-state index contributed by atoms with van der Waals surface area (Å²) < 4.78 is 4.75. The molecule has 1 atom stereocenters. The van der Waals surface area contributed by atoms with Crippen LogP contribution in [0.5, 0.6) is 0 Å². The van der Waals surface area contributed by atoms with Gasteiger partial charge < -0.3 is 9.74 Å². The first-order chi connectivity index (χ1) is 13.0. The molecule has 8 heteroatoms. The first-order valence-electron chi connectivity index (χ1n) is 9.15. The summed E-state index contributed by atoms with van der Waals surface area (Å²) >= 11 is 0. The van der Waals surface area contributed by atoms with Crippen molar-refractivity contribution in [3.63, 3.8) is 0 Å². The van der Waals surface area contributed by atoms with E-state index in [9.17, 15) is 4.79 Å². The van der Waals surface area contributed by atoms with Gasteiger partial charge in [0.25, 0.3) is 5.91 Å². The Morgan fingerprint density at radius 3 is 2.56 bits per heavy atom. The number of oxime groups is 1. The molecule has 1 saturated heterocycles. The maximum absolute atomic E-state index is 13.0. The van der Waals surface area contributed by atoms with Gasteiger partial charge in [0, 0.05) is 39.1 Å². The number of aromatic nitrogens is 2. The Morgan fingerprint density at radius 1 is 1.15 bits per heavy atom. The van der Waals surface area contributed by atoms with E-state index in [-0.39, 0.29) is 5.91 Å². The molecule has 0 spiro atoms. The highest BCUT2D eigenvalue weighted by Crippen LogP contribution is 2.29. The van der Waals surface area contributed by atoms with Gasteiger partial charge in [-0.3, -0.25) is 9.69 Å². The number of piperazine rings is 1. The van der Waals surface area contributed by atoms with Crippen molar-refractivity contribution in [2.75, 3.05) is 26.2 Å². The van der Waals surface area contributed by atoms with Crippen LogP contribution in [0.3, 0.4) is 0 Å². The van der Waals surface area contributed by atoms with Gasteiger partial charge >= 0.3 is 0 Å². The van der Waals surface area contributed by atoms with Gasteiger partial charge in [-0.25, -0.2) is 4.63 Å². The molecule has 1 aromatic heterocycles. The van der Waals surface area contributed by atoms with Crippen LogP contribution < -0.4 is 0 Å². The highest BCUT2D eigenvalue weighted by molar-refractivity contribution is 6.05. The van der Waals surface area contributed by atoms with Gasteiger partial charge in [0.2, 0.25) is 5.60 Å². The van der Waals surface area contributed by atoms with Crippen LogP contribution in [0, 0.1) is 6.92 Å². The van der Waals surface area contributed by atoms with E-state index >= 15 is 0 Å². The lowest BCUT2D eigenvalue weighted by Crippen LogP contribution is -2.54. The lowest BCUT2D eigenvalue weighted by molar-refractivity contribution is -0.155. The van der Waals surface area contributed by atoms with Crippen molar-refractivity contribution in [2.24, 2.45) is 5.16 Å². The molecule has 0 bridgehead atoms. The summed E-state index contributed by atoms with van der Waals surface area (Å²) in [6.07, 6.45) is 0.486. The highest BCUT2D eigenvalue weighted by atomic mass is 16.7. The molecule has 1 unspecified atom stereocenters. The number of carbonyl (C=O) groups is 1. The number of aryl methyl sites for hydroxylation is 1. The van der Waals surface area contributed by atoms with Crippen LogP contribution in [0.1, 0.15) is 30.3 Å². The van der Waals surface area contributed by atoms with E-state index in [0.29, 0.717) is 26.1 Å². The Kier molecular flexibility index (Phi) is 4.65. The molecule has 0 aliphatic carbocycles. The SMILES string of the molecule is Cc1nonc1CN1CCN(C(=O)C2(C)CC(c3ccccc3)=NO2)CC1. The lowest BCUT2D eigenvalue weighted by atomic mass is 9.94. The number of benzene rings is 1. The molecule has 3 heterocycles. The lowest BCUT2D eigenvalue weighted by Gasteiger charge is -2.37. The molecule has 142 valence electrons. The monoisotopic (exact) mass is 369 g/mol. The zero-order valence-corrected chi connectivity index (χ0v) is 15.6. The van der Waals surface area contributed by atoms with E-state index < -0.39 is 5.60 Å². The van der Waals surface area contributed by atoms with Crippen LogP contribution in [0.25, 0.3) is 0 Å². The molecule has 0 radical (unpaired) electrons. The normalized spacial score (nSPS) is 23.2. The molecule has 0 saturated carbocycles. The molecule has 2 aliphatic rings. The molecule has 27 heavy (non-hydrogen) atoms. The van der Waals surface area contributed by atoms with E-state index in [2.05, 4.69) is 20.4 Å². The number of carbonyl (C=O) groups excluding carboxylic acids is 1. The molecular weight excluding hydrogens is 346 g/mol. The minimum atomic E-state index is -0.931. The van der Waals surface area contributed by atoms with Crippen LogP contribution >= 0.6 is 0 Å². The maximum atomic E-state index is 13.0. The fourth-order valence-corrected chi connectivity index (χ4v) is 3.49. The molecule has 4 rings (SSSR count). The first-order valence-corrected chi connectivity index (χ1v) is 9.15. The molecule has 1 fully saturated rings. The standard InChI is InChI=1S/C19H23N5O3/c1-14-17(22-27-20-14)13-23-8-10-24(11-9-23)18(25)19(2)12-16(21-26-19)15-6-4-3-5-7-15/h3-7H,8-13H2,1-2H3. The zero-order chi connectivity index (χ0) is 18.9. The molecule has 1 aromatic carbocycles. The van der Waals surface area contributed by atoms with Gasteiger partial charge in [-0.15, -0.1) is 0 Å². The second-order valence-electron chi connectivity index (χ2n) is 7.27. The molecule has 8 nitrogen and oxygen atoms in total. The number of hydrogen-bond acceptors (Lipinski definition) is 7. The minimum absolute atomic E-state index is 0.00360. The topological polar surface area (TPSA) is 84.1 Å². The fraction of sp³-hybridized carbons (Fsp3) is 0.474. The van der Waals surface area contributed by atoms with Gasteiger partial charge in [-0.05, 0) is 19.4 Å². The quantitative estimate of drug-likeness (QED) is 0.814. The van der Waals surface area contributed by atoms with E-state index in [1.165, 1.54) is 0 Å². The third-order valence-corrected chi connectivity index (χ3v) is 5.20. The summed E-state index contributed by atoms with van der Waals surface area (Å²) in [5.74, 6) is -0.00360. The maximum Gasteiger partial charge on any atom is 0.269 e. The fourth-order valence-electron chi connectivity index (χ4n) is 3.49. The Balaban J connectivity index is 1.34. The van der Waals surface area contributed by atoms with Crippen molar-refractivity contribution >= 4 is 11.6 Å². The summed E-state index contributed by atoms with van der Waals surface area (Å²) in [7, 11) is 0. The average Bonchev–Trinajstić information content (AvgIpc) is 3.29. The number of nitrogens with zero attached hydrogens (tertiary/aromatic N) is 5. The Morgan fingerprint density at radius 2 is 1.89 bits per heavy atom. The van der Waals surface area contributed by atoms with E-state index in [0.717, 1.165) is 35.8 Å². The van der Waals surface area contributed by atoms with Gasteiger partial charge in [-0.2, -0.15) is 0 Å². The van der Waals surface area contributed by atoms with E-state index in [4.69, 9.17) is 9.47 Å². The zero-order valence-electron chi connectivity index (χ0n) is 15.6. The van der Waals surface area contributed by atoms with Crippen molar-refractivity contribution in [1.29, 1.82) is 0 Å². The van der Waals surface area contributed by atoms with Crippen LogP contribution in [0.2, 0.25) is 0 Å². The van der Waals surface area contributed by atoms with Crippen molar-refractivity contribution in [3.8, 4) is 0 Å². The summed E-state index contributed by atoms with van der Waals surface area (Å²) in [5, 5.41) is 11.9. The predicted octanol–water partition coefficient (Wildman–Crippen LogP) is 1.61. The van der Waals surface area contributed by atoms with Crippen LogP contribution in [-0.2, 0) is 16.2 Å². The van der Waals surface area contributed by atoms with E-state index in [1.54, 1.807) is 0 Å². The van der Waals surface area contributed by atoms with Crippen molar-refractivity contribution < 1.29 is 14.3 Å². The van der Waals surface area contributed by atoms with Crippen molar-refractivity contribution in [2.45, 2.75) is 32.4 Å². The minimum Gasteiger partial charge on any atom is -0.379 e. The van der Waals surface area contributed by atoms with Crippen LogP contribution in [-0.4, -0.2) is 63.5 Å². The van der Waals surface area contributed by atoms with Crippen LogP contribution in [0.4, 0.5) is 0 Å². The third-order valence-electron chi connectivity index (χ3n) is 5.20. The van der Waals surface area contributed by atoms with Crippen LogP contribution in [0.15, 0.2) is 40.1 Å². The van der Waals surface area contributed by atoms with E-state index in [1.807, 2.05) is 49.1 Å². The number of hydrogen-bond donors (Lipinski definition) is 0. The second kappa shape index (κ2) is 7.11. The largest absolute Gasteiger partial charge is 0.379 e. The summed E-state index contributed by atoms with van der Waals surface area (Å²) in [4.78, 5) is 22.8. The summed E-state index contributed by atoms with van der Waals surface area (Å²) in [5.41, 5.74) is 2.54. The second-order valence-corrected chi connectivity index (χ2v) is 7.27. The van der Waals surface area contributed by atoms with Gasteiger partial charge in [0.15, 0.2) is 0 Å². The molecule has 2 aromatic rings. The van der Waals surface area contributed by atoms with Gasteiger partial charge in [0.05, 0.1) is 5.71 Å². The summed E-state index contributed by atoms with van der Waals surface area (Å²) in [6.45, 7) is 7.26. The Hall–Kier alpha value is -2.74. The number of rotatable bonds is 4. The summed E-state index contributed by atoms with van der Waals surface area (Å²) in [6, 6.07) is 9.84. The average molecular weight is 369 g/mol. The smallest absolute Gasteiger partial charge is 0.269 e. The molecule has 1 amide bonds. The molecule has 0 N–H and O–H groups in total. The molecular formula is C19H23N5O3. The first kappa shape index (κ1) is 17.7. The Bertz CT molecular complexity index is 842. The number of amides is 1. The van der Waals surface area contributed by atoms with Gasteiger partial charge in [-0.1, -0.05) is 45.8 Å². The predicted molar refractivity (Wildman–Crippen MR) is 98.0 cm³/mol. The Labute approximate surface area is 157 Å².